The zero-order valence-corrected chi connectivity index (χ0v) is 23.8. The van der Waals surface area contributed by atoms with Crippen molar-refractivity contribution in [1.29, 1.82) is 0 Å². The molecule has 0 heteroatoms. The fourth-order valence-corrected chi connectivity index (χ4v) is 0. The highest BCUT2D eigenvalue weighted by molar-refractivity contribution is 4.33. The zero-order chi connectivity index (χ0) is 23.8. The molecule has 0 aliphatic carbocycles. The third kappa shape index (κ3) is 599. The van der Waals surface area contributed by atoms with Crippen LogP contribution in [0.2, 0.25) is 0 Å². The van der Waals surface area contributed by atoms with Gasteiger partial charge in [-0.05, 0) is 23.7 Å². The van der Waals surface area contributed by atoms with Crippen LogP contribution in [-0.4, -0.2) is 0 Å². The zero-order valence-electron chi connectivity index (χ0n) is 23.8. The normalized spacial score (nSPS) is 8.22. The first kappa shape index (κ1) is 45.6. The van der Waals surface area contributed by atoms with Gasteiger partial charge in [-0.3, -0.25) is 0 Å². The van der Waals surface area contributed by atoms with Crippen LogP contribution in [0.25, 0.3) is 0 Å². The number of unbranched alkanes of at least 4 members (excludes halogenated alkanes) is 1. The van der Waals surface area contributed by atoms with E-state index < -0.39 is 0 Å². The van der Waals surface area contributed by atoms with Gasteiger partial charge in [-0.15, -0.1) is 0 Å². The molecule has 0 bridgehead atoms. The molecule has 0 spiro atoms. The van der Waals surface area contributed by atoms with Crippen molar-refractivity contribution < 1.29 is 0 Å². The van der Waals surface area contributed by atoms with Crippen molar-refractivity contribution >= 4 is 0 Å². The third-order valence-corrected chi connectivity index (χ3v) is 2.13. The van der Waals surface area contributed by atoms with Crippen molar-refractivity contribution in [2.24, 2.45) is 23.7 Å². The molecule has 0 nitrogen and oxygen atoms in total. The van der Waals surface area contributed by atoms with Crippen LogP contribution in [0.1, 0.15) is 157 Å². The average molecular weight is 393 g/mol. The quantitative estimate of drug-likeness (QED) is 0.447. The van der Waals surface area contributed by atoms with E-state index in [1.807, 2.05) is 13.8 Å². The predicted molar refractivity (Wildman–Crippen MR) is 139 cm³/mol. The summed E-state index contributed by atoms with van der Waals surface area (Å²) < 4.78 is 0. The Bertz CT molecular complexity index is 109. The average Bonchev–Trinajstić information content (AvgIpc) is 2.57. The van der Waals surface area contributed by atoms with Crippen molar-refractivity contribution in [2.75, 3.05) is 0 Å². The Morgan fingerprint density at radius 1 is 0.407 bits per heavy atom. The molecule has 0 aromatic carbocycles. The maximum absolute atomic E-state index is 2.22. The van der Waals surface area contributed by atoms with Gasteiger partial charge in [0.15, 0.2) is 0 Å². The van der Waals surface area contributed by atoms with E-state index in [0.29, 0.717) is 0 Å². The Kier molecular flexibility index (Phi) is 95.0. The molecule has 0 aliphatic heterocycles. The van der Waals surface area contributed by atoms with E-state index in [4.69, 9.17) is 0 Å². The van der Waals surface area contributed by atoms with Crippen LogP contribution in [0, 0.1) is 23.7 Å². The Morgan fingerprint density at radius 2 is 0.481 bits per heavy atom. The lowest BCUT2D eigenvalue weighted by Crippen LogP contribution is -1.77. The Balaban J connectivity index is -0.0000000351. The van der Waals surface area contributed by atoms with Crippen LogP contribution in [0.3, 0.4) is 0 Å². The standard InChI is InChI=1S/2C5H12.3C4H10.C3H8.C2H6/c2*1-4-5(2)3;2*1-4(2)3;1-3-4-2;1-3-2;1-2/h2*5H,4H2,1-3H3;2*4H,1-3H3;3-4H2,1-2H3;3H2,1-2H3;1-2H3. The van der Waals surface area contributed by atoms with E-state index in [1.54, 1.807) is 0 Å². The summed E-state index contributed by atoms with van der Waals surface area (Å²) in [5.74, 6) is 3.44. The lowest BCUT2D eigenvalue weighted by Gasteiger charge is -1.90. The molecule has 0 fully saturated rings. The number of rotatable bonds is 3. The van der Waals surface area contributed by atoms with Crippen LogP contribution < -0.4 is 0 Å². The fraction of sp³-hybridized carbons (Fsp3) is 1.00. The highest BCUT2D eigenvalue weighted by atomic mass is 13.9. The minimum atomic E-state index is 0.833. The molecule has 0 saturated carbocycles. The summed E-state index contributed by atoms with van der Waals surface area (Å²) >= 11 is 0. The van der Waals surface area contributed by atoms with Crippen LogP contribution in [0.4, 0.5) is 0 Å². The van der Waals surface area contributed by atoms with Crippen LogP contribution in [0.5, 0.6) is 0 Å². The van der Waals surface area contributed by atoms with Gasteiger partial charge in [-0.1, -0.05) is 157 Å². The highest BCUT2D eigenvalue weighted by Crippen LogP contribution is 1.94. The van der Waals surface area contributed by atoms with Crippen molar-refractivity contribution in [1.82, 2.24) is 0 Å². The summed E-state index contributed by atoms with van der Waals surface area (Å²) in [4.78, 5) is 0. The molecule has 0 radical (unpaired) electrons. The molecule has 0 aliphatic rings. The molecule has 0 atom stereocenters. The second kappa shape index (κ2) is 56.2. The summed E-state index contributed by atoms with van der Waals surface area (Å²) in [6.07, 6.45) is 6.50. The van der Waals surface area contributed by atoms with Gasteiger partial charge in [0.2, 0.25) is 0 Å². The number of hydrogen-bond donors (Lipinski definition) is 0. The summed E-state index contributed by atoms with van der Waals surface area (Å²) in [6, 6.07) is 0. The first-order chi connectivity index (χ1) is 12.3. The molecule has 176 valence electrons. The number of hydrogen-bond acceptors (Lipinski definition) is 0. The Labute approximate surface area is 180 Å². The second-order valence-corrected chi connectivity index (χ2v) is 8.78. The Hall–Kier alpha value is 0. The van der Waals surface area contributed by atoms with Gasteiger partial charge in [0, 0.05) is 0 Å². The van der Waals surface area contributed by atoms with E-state index in [1.165, 1.54) is 32.1 Å². The van der Waals surface area contributed by atoms with Crippen molar-refractivity contribution in [3.8, 4) is 0 Å². The van der Waals surface area contributed by atoms with Crippen LogP contribution in [0.15, 0.2) is 0 Å². The second-order valence-electron chi connectivity index (χ2n) is 8.78. The largest absolute Gasteiger partial charge is 0.0683 e. The molecule has 0 N–H and O–H groups in total. The summed E-state index contributed by atoms with van der Waals surface area (Å²) in [5, 5.41) is 0. The maximum atomic E-state index is 2.22. The lowest BCUT2D eigenvalue weighted by molar-refractivity contribution is 0.626. The lowest BCUT2D eigenvalue weighted by atomic mass is 10.2. The van der Waals surface area contributed by atoms with Crippen LogP contribution in [-0.2, 0) is 0 Å². The first-order valence-electron chi connectivity index (χ1n) is 12.3. The summed E-state index contributed by atoms with van der Waals surface area (Å²) in [6.45, 7) is 38.9. The molecule has 0 rings (SSSR count). The molecule has 0 unspecified atom stereocenters. The first-order valence-corrected chi connectivity index (χ1v) is 12.3. The topological polar surface area (TPSA) is 0 Å². The van der Waals surface area contributed by atoms with E-state index in [0.717, 1.165) is 23.7 Å². The SMILES string of the molecule is CC.CC(C)C.CC(C)C.CCC.CCC(C)C.CCC(C)C.CCCC. The Morgan fingerprint density at radius 3 is 0.481 bits per heavy atom. The van der Waals surface area contributed by atoms with Crippen molar-refractivity contribution in [2.45, 2.75) is 157 Å². The minimum absolute atomic E-state index is 0.833. The van der Waals surface area contributed by atoms with Gasteiger partial charge in [-0.2, -0.15) is 0 Å². The van der Waals surface area contributed by atoms with Gasteiger partial charge in [0.25, 0.3) is 0 Å². The predicted octanol–water partition coefficient (Wildman–Crippen LogP) is 11.7. The molecule has 0 heterocycles. The molecule has 0 saturated heterocycles. The molecular formula is C27H68. The van der Waals surface area contributed by atoms with Crippen molar-refractivity contribution in [3.63, 3.8) is 0 Å². The third-order valence-electron chi connectivity index (χ3n) is 2.13. The highest BCUT2D eigenvalue weighted by Gasteiger charge is 1.80. The van der Waals surface area contributed by atoms with Gasteiger partial charge in [0.1, 0.15) is 0 Å². The molecule has 0 aromatic rings. The monoisotopic (exact) mass is 393 g/mol. The van der Waals surface area contributed by atoms with E-state index >= 15 is 0 Å². The molecular weight excluding hydrogens is 324 g/mol. The fourth-order valence-electron chi connectivity index (χ4n) is 0. The van der Waals surface area contributed by atoms with Gasteiger partial charge >= 0.3 is 0 Å². The van der Waals surface area contributed by atoms with Gasteiger partial charge < -0.3 is 0 Å². The van der Waals surface area contributed by atoms with E-state index in [2.05, 4.69) is 111 Å². The minimum Gasteiger partial charge on any atom is -0.0683 e. The summed E-state index contributed by atoms with van der Waals surface area (Å²) in [7, 11) is 0. The molecule has 27 heavy (non-hydrogen) atoms. The smallest absolute Gasteiger partial charge is 0.0474 e. The van der Waals surface area contributed by atoms with Crippen LogP contribution >= 0.6 is 0 Å². The molecule has 0 amide bonds. The van der Waals surface area contributed by atoms with Crippen molar-refractivity contribution in [3.05, 3.63) is 0 Å². The van der Waals surface area contributed by atoms with E-state index in [9.17, 15) is 0 Å². The van der Waals surface area contributed by atoms with E-state index in [-0.39, 0.29) is 0 Å². The maximum Gasteiger partial charge on any atom is -0.0474 e. The molecule has 0 aromatic heterocycles. The summed E-state index contributed by atoms with van der Waals surface area (Å²) in [5.41, 5.74) is 0. The van der Waals surface area contributed by atoms with Gasteiger partial charge in [-0.25, -0.2) is 0 Å². The van der Waals surface area contributed by atoms with Gasteiger partial charge in [0.05, 0.1) is 0 Å².